The molecule has 1 aromatic heterocycles. The first-order valence-electron chi connectivity index (χ1n) is 13.6. The molecule has 1 aliphatic rings. The molecule has 1 unspecified atom stereocenters. The summed E-state index contributed by atoms with van der Waals surface area (Å²) < 4.78 is 8.23. The van der Waals surface area contributed by atoms with Crippen molar-refractivity contribution < 1.29 is 9.53 Å². The number of halogens is 1. The van der Waals surface area contributed by atoms with Crippen molar-refractivity contribution in [3.05, 3.63) is 61.5 Å². The minimum absolute atomic E-state index is 0.00428. The van der Waals surface area contributed by atoms with Crippen molar-refractivity contribution >= 4 is 30.9 Å². The minimum atomic E-state index is -2.00. The molecule has 0 saturated heterocycles. The summed E-state index contributed by atoms with van der Waals surface area (Å²) >= 11 is 2.48. The molecule has 0 saturated carbocycles. The maximum absolute atomic E-state index is 11.8. The zero-order valence-electron chi connectivity index (χ0n) is 24.4. The van der Waals surface area contributed by atoms with Crippen molar-refractivity contribution in [3.8, 4) is 0 Å². The highest BCUT2D eigenvalue weighted by Crippen LogP contribution is 2.50. The summed E-state index contributed by atoms with van der Waals surface area (Å²) in [6.45, 7) is 25.1. The van der Waals surface area contributed by atoms with E-state index < -0.39 is 14.4 Å². The zero-order valence-corrected chi connectivity index (χ0v) is 27.6. The van der Waals surface area contributed by atoms with Gasteiger partial charge in [0.05, 0.1) is 11.8 Å². The van der Waals surface area contributed by atoms with Gasteiger partial charge in [0.1, 0.15) is 6.10 Å². The molecule has 0 fully saturated rings. The fraction of sp³-hybridized carbons (Fsp3) is 0.645. The van der Waals surface area contributed by atoms with Crippen LogP contribution in [0.2, 0.25) is 18.1 Å². The zero-order chi connectivity index (χ0) is 27.2. The van der Waals surface area contributed by atoms with E-state index in [2.05, 4.69) is 122 Å². The van der Waals surface area contributed by atoms with E-state index in [-0.39, 0.29) is 22.5 Å². The minimum Gasteiger partial charge on any atom is -0.410 e. The van der Waals surface area contributed by atoms with Crippen LogP contribution in [0.25, 0.3) is 0 Å². The van der Waals surface area contributed by atoms with E-state index >= 15 is 0 Å². The van der Waals surface area contributed by atoms with Gasteiger partial charge in [-0.2, -0.15) is 0 Å². The van der Waals surface area contributed by atoms with E-state index in [4.69, 9.17) is 9.41 Å². The number of aromatic nitrogens is 1. The van der Waals surface area contributed by atoms with E-state index in [9.17, 15) is 5.11 Å². The van der Waals surface area contributed by atoms with Gasteiger partial charge in [-0.25, -0.2) is 0 Å². The molecule has 200 valence electrons. The Hall–Kier alpha value is -0.763. The number of pyridine rings is 1. The molecular weight excluding hydrogens is 573 g/mol. The second-order valence-corrected chi connectivity index (χ2v) is 19.7. The molecular formula is C31H48INO2Si. The van der Waals surface area contributed by atoms with Gasteiger partial charge in [-0.3, -0.25) is 4.98 Å². The highest BCUT2D eigenvalue weighted by molar-refractivity contribution is 14.1. The molecule has 0 aliphatic heterocycles. The van der Waals surface area contributed by atoms with Gasteiger partial charge in [-0.05, 0) is 88.4 Å². The van der Waals surface area contributed by atoms with Crippen LogP contribution in [-0.4, -0.2) is 18.4 Å². The van der Waals surface area contributed by atoms with Gasteiger partial charge in [-0.1, -0.05) is 86.6 Å². The number of hydrogen-bond donors (Lipinski definition) is 1. The molecule has 3 nitrogen and oxygen atoms in total. The van der Waals surface area contributed by atoms with Crippen LogP contribution in [0, 0.1) is 14.9 Å². The van der Waals surface area contributed by atoms with Crippen LogP contribution < -0.4 is 0 Å². The van der Waals surface area contributed by atoms with Gasteiger partial charge in [0, 0.05) is 20.4 Å². The van der Waals surface area contributed by atoms with Crippen molar-refractivity contribution in [1.29, 1.82) is 0 Å². The van der Waals surface area contributed by atoms with Crippen LogP contribution in [-0.2, 0) is 17.3 Å². The number of aliphatic hydroxyl groups is 1. The molecule has 0 bridgehead atoms. The smallest absolute Gasteiger partial charge is 0.192 e. The third-order valence-electron chi connectivity index (χ3n) is 8.02. The van der Waals surface area contributed by atoms with Crippen molar-refractivity contribution in [2.75, 3.05) is 0 Å². The highest BCUT2D eigenvalue weighted by atomic mass is 127. The normalized spacial score (nSPS) is 19.0. The highest BCUT2D eigenvalue weighted by Gasteiger charge is 2.44. The molecule has 1 aliphatic carbocycles. The van der Waals surface area contributed by atoms with Crippen LogP contribution in [0.4, 0.5) is 0 Å². The third kappa shape index (κ3) is 6.44. The molecule has 0 spiro atoms. The number of fused-ring (bicyclic) bond motifs is 1. The van der Waals surface area contributed by atoms with Crippen LogP contribution in [0.3, 0.4) is 0 Å². The van der Waals surface area contributed by atoms with Crippen molar-refractivity contribution in [2.24, 2.45) is 11.3 Å². The lowest BCUT2D eigenvalue weighted by Gasteiger charge is -2.44. The Morgan fingerprint density at radius 1 is 1.11 bits per heavy atom. The number of benzene rings is 1. The Kier molecular flexibility index (Phi) is 8.92. The third-order valence-corrected chi connectivity index (χ3v) is 13.7. The number of aliphatic hydroxyl groups excluding tert-OH is 1. The molecule has 1 heterocycles. The average molecular weight is 622 g/mol. The molecule has 2 atom stereocenters. The summed E-state index contributed by atoms with van der Waals surface area (Å²) in [5.74, 6) is 0.833. The quantitative estimate of drug-likeness (QED) is 0.248. The van der Waals surface area contributed by atoms with Crippen LogP contribution in [0.5, 0.6) is 0 Å². The first-order chi connectivity index (χ1) is 16.4. The second kappa shape index (κ2) is 10.8. The molecule has 1 N–H and O–H groups in total. The van der Waals surface area contributed by atoms with Gasteiger partial charge in [-0.15, -0.1) is 0 Å². The summed E-state index contributed by atoms with van der Waals surface area (Å²) in [6, 6.07) is 8.51. The topological polar surface area (TPSA) is 42.4 Å². The largest absolute Gasteiger partial charge is 0.410 e. The number of hydrogen-bond acceptors (Lipinski definition) is 3. The lowest BCUT2D eigenvalue weighted by molar-refractivity contribution is 0.104. The Bertz CT molecular complexity index is 1070. The summed E-state index contributed by atoms with van der Waals surface area (Å²) in [6.07, 6.45) is 2.27. The van der Waals surface area contributed by atoms with E-state index in [0.717, 1.165) is 45.3 Å². The first-order valence-corrected chi connectivity index (χ1v) is 17.6. The first kappa shape index (κ1) is 29.8. The fourth-order valence-electron chi connectivity index (χ4n) is 5.05. The van der Waals surface area contributed by atoms with Crippen LogP contribution in [0.1, 0.15) is 121 Å². The predicted molar refractivity (Wildman–Crippen MR) is 163 cm³/mol. The Balaban J connectivity index is 2.14. The summed E-state index contributed by atoms with van der Waals surface area (Å²) in [5.41, 5.74) is 6.72. The molecule has 5 heteroatoms. The molecule has 36 heavy (non-hydrogen) atoms. The van der Waals surface area contributed by atoms with Crippen molar-refractivity contribution in [2.45, 2.75) is 118 Å². The van der Waals surface area contributed by atoms with Crippen LogP contribution >= 0.6 is 22.6 Å². The number of rotatable bonds is 7. The van der Waals surface area contributed by atoms with Gasteiger partial charge in [0.15, 0.2) is 8.32 Å². The second-order valence-electron chi connectivity index (χ2n) is 13.9. The van der Waals surface area contributed by atoms with Crippen molar-refractivity contribution in [1.82, 2.24) is 4.98 Å². The average Bonchev–Trinajstić information content (AvgIpc) is 2.70. The maximum Gasteiger partial charge on any atom is 0.192 e. The summed E-state index contributed by atoms with van der Waals surface area (Å²) in [5, 5.41) is 11.9. The molecule has 0 amide bonds. The summed E-state index contributed by atoms with van der Waals surface area (Å²) in [4.78, 5) is 5.29. The lowest BCUT2D eigenvalue weighted by atomic mass is 9.74. The fourth-order valence-corrected chi connectivity index (χ4v) is 7.54. The van der Waals surface area contributed by atoms with E-state index in [1.165, 1.54) is 11.1 Å². The van der Waals surface area contributed by atoms with Gasteiger partial charge < -0.3 is 9.53 Å². The molecule has 1 aromatic carbocycles. The van der Waals surface area contributed by atoms with E-state index in [1.807, 2.05) is 0 Å². The monoisotopic (exact) mass is 621 g/mol. The SMILES string of the molecule is CC(C)Cc1ccc([C@@H](O)c2c(C(C)C)nc3c(c2I)C(O[Si](C)(C)C(C)(C)C)CC(C)(C)C3)cc1. The lowest BCUT2D eigenvalue weighted by Crippen LogP contribution is -2.44. The van der Waals surface area contributed by atoms with E-state index in [1.54, 1.807) is 0 Å². The van der Waals surface area contributed by atoms with Gasteiger partial charge in [0.25, 0.3) is 0 Å². The maximum atomic E-state index is 11.8. The van der Waals surface area contributed by atoms with Gasteiger partial charge in [0.2, 0.25) is 0 Å². The standard InChI is InChI=1S/C31H48INO2Si/c1-19(2)16-21-12-14-22(15-13-21)29(34)26-27(32)25-23(33-28(26)20(3)4)17-31(8,9)18-24(25)35-36(10,11)30(5,6)7/h12-15,19-20,24,29,34H,16-18H2,1-11H3/t24?,29-/m1/s1. The molecule has 0 radical (unpaired) electrons. The van der Waals surface area contributed by atoms with Crippen LogP contribution in [0.15, 0.2) is 24.3 Å². The Morgan fingerprint density at radius 2 is 1.69 bits per heavy atom. The van der Waals surface area contributed by atoms with Gasteiger partial charge >= 0.3 is 0 Å². The number of nitrogens with zero attached hydrogens (tertiary/aromatic N) is 1. The summed E-state index contributed by atoms with van der Waals surface area (Å²) in [7, 11) is -2.00. The molecule has 2 aromatic rings. The van der Waals surface area contributed by atoms with Crippen molar-refractivity contribution in [3.63, 3.8) is 0 Å². The molecule has 3 rings (SSSR count). The predicted octanol–water partition coefficient (Wildman–Crippen LogP) is 9.13. The Morgan fingerprint density at radius 3 is 2.19 bits per heavy atom. The Labute approximate surface area is 235 Å². The van der Waals surface area contributed by atoms with E-state index in [0.29, 0.717) is 5.92 Å².